The summed E-state index contributed by atoms with van der Waals surface area (Å²) in [6, 6.07) is 10.8. The average molecular weight is 374 g/mol. The minimum Gasteiger partial charge on any atom is -0.452 e. The Bertz CT molecular complexity index is 942. The van der Waals surface area contributed by atoms with Crippen LogP contribution in [0.5, 0.6) is 0 Å². The summed E-state index contributed by atoms with van der Waals surface area (Å²) in [7, 11) is 0. The van der Waals surface area contributed by atoms with Crippen molar-refractivity contribution in [1.29, 1.82) is 0 Å². The van der Waals surface area contributed by atoms with E-state index in [0.29, 0.717) is 16.4 Å². The first-order valence-electron chi connectivity index (χ1n) is 7.45. The molecule has 0 unspecified atom stereocenters. The predicted octanol–water partition coefficient (Wildman–Crippen LogP) is 3.88. The highest BCUT2D eigenvalue weighted by Crippen LogP contribution is 2.24. The van der Waals surface area contributed by atoms with Crippen molar-refractivity contribution in [2.24, 2.45) is 0 Å². The van der Waals surface area contributed by atoms with Crippen LogP contribution in [0, 0.1) is 11.6 Å². The van der Waals surface area contributed by atoms with Crippen molar-refractivity contribution < 1.29 is 23.1 Å². The molecule has 1 N–H and O–H groups in total. The molecule has 1 amide bonds. The van der Waals surface area contributed by atoms with Crippen molar-refractivity contribution in [3.05, 3.63) is 71.1 Å². The van der Waals surface area contributed by atoms with E-state index in [0.717, 1.165) is 6.07 Å². The lowest BCUT2D eigenvalue weighted by Crippen LogP contribution is -2.20. The first kappa shape index (κ1) is 17.7. The lowest BCUT2D eigenvalue weighted by Gasteiger charge is -2.04. The van der Waals surface area contributed by atoms with Crippen LogP contribution in [0.2, 0.25) is 0 Å². The third-order valence-electron chi connectivity index (χ3n) is 3.29. The summed E-state index contributed by atoms with van der Waals surface area (Å²) in [5.74, 6) is -2.29. The minimum atomic E-state index is -0.800. The van der Waals surface area contributed by atoms with Gasteiger partial charge in [0, 0.05) is 10.9 Å². The molecule has 0 aliphatic heterocycles. The number of ether oxygens (including phenoxy) is 1. The van der Waals surface area contributed by atoms with E-state index in [1.807, 2.05) is 0 Å². The first-order valence-corrected chi connectivity index (χ1v) is 8.33. The monoisotopic (exact) mass is 374 g/mol. The van der Waals surface area contributed by atoms with Gasteiger partial charge in [0.15, 0.2) is 11.7 Å². The quantitative estimate of drug-likeness (QED) is 0.688. The van der Waals surface area contributed by atoms with Crippen LogP contribution in [0.4, 0.5) is 13.9 Å². The largest absolute Gasteiger partial charge is 0.452 e. The van der Waals surface area contributed by atoms with E-state index in [-0.39, 0.29) is 11.4 Å². The van der Waals surface area contributed by atoms with Gasteiger partial charge in [-0.15, -0.1) is 11.3 Å². The van der Waals surface area contributed by atoms with Crippen LogP contribution in [-0.4, -0.2) is 23.5 Å². The van der Waals surface area contributed by atoms with Crippen molar-refractivity contribution in [1.82, 2.24) is 4.98 Å². The Morgan fingerprint density at radius 2 is 1.85 bits per heavy atom. The number of nitrogens with zero attached hydrogens (tertiary/aromatic N) is 1. The summed E-state index contributed by atoms with van der Waals surface area (Å²) in [4.78, 5) is 27.8. The molecule has 0 spiro atoms. The van der Waals surface area contributed by atoms with Gasteiger partial charge in [-0.2, -0.15) is 0 Å². The zero-order chi connectivity index (χ0) is 18.5. The van der Waals surface area contributed by atoms with Gasteiger partial charge in [0.05, 0.1) is 11.3 Å². The van der Waals surface area contributed by atoms with Crippen LogP contribution < -0.4 is 5.32 Å². The molecule has 0 saturated heterocycles. The maximum atomic E-state index is 13.1. The molecular formula is C18H12F2N2O3S. The van der Waals surface area contributed by atoms with Gasteiger partial charge in [-0.1, -0.05) is 6.07 Å². The van der Waals surface area contributed by atoms with Gasteiger partial charge in [-0.3, -0.25) is 10.1 Å². The number of amides is 1. The van der Waals surface area contributed by atoms with Gasteiger partial charge < -0.3 is 4.74 Å². The Morgan fingerprint density at radius 3 is 2.58 bits per heavy atom. The van der Waals surface area contributed by atoms with Crippen LogP contribution in [0.15, 0.2) is 53.9 Å². The Hall–Kier alpha value is -3.13. The number of carbonyl (C=O) groups is 2. The van der Waals surface area contributed by atoms with E-state index in [1.54, 1.807) is 17.5 Å². The Balaban J connectivity index is 1.55. The SMILES string of the molecule is O=C(COC(=O)c1cccc(F)c1)Nc1nc(-c2ccc(F)cc2)cs1. The highest BCUT2D eigenvalue weighted by molar-refractivity contribution is 7.14. The number of hydrogen-bond acceptors (Lipinski definition) is 5. The van der Waals surface area contributed by atoms with Gasteiger partial charge in [-0.25, -0.2) is 18.6 Å². The van der Waals surface area contributed by atoms with Crippen LogP contribution in [0.1, 0.15) is 10.4 Å². The molecule has 26 heavy (non-hydrogen) atoms. The molecule has 3 aromatic rings. The van der Waals surface area contributed by atoms with Crippen molar-refractivity contribution in [2.45, 2.75) is 0 Å². The lowest BCUT2D eigenvalue weighted by atomic mass is 10.2. The highest BCUT2D eigenvalue weighted by atomic mass is 32.1. The third-order valence-corrected chi connectivity index (χ3v) is 4.04. The van der Waals surface area contributed by atoms with E-state index in [4.69, 9.17) is 4.74 Å². The van der Waals surface area contributed by atoms with Crippen LogP contribution in [-0.2, 0) is 9.53 Å². The van der Waals surface area contributed by atoms with E-state index < -0.39 is 24.3 Å². The number of hydrogen-bond donors (Lipinski definition) is 1. The van der Waals surface area contributed by atoms with Crippen molar-refractivity contribution >= 4 is 28.3 Å². The topological polar surface area (TPSA) is 68.3 Å². The van der Waals surface area contributed by atoms with E-state index in [2.05, 4.69) is 10.3 Å². The van der Waals surface area contributed by atoms with Crippen molar-refractivity contribution in [3.8, 4) is 11.3 Å². The standard InChI is InChI=1S/C18H12F2N2O3S/c19-13-6-4-11(5-7-13)15-10-26-18(21-15)22-16(23)9-25-17(24)12-2-1-3-14(20)8-12/h1-8,10H,9H2,(H,21,22,23). The molecule has 5 nitrogen and oxygen atoms in total. The smallest absolute Gasteiger partial charge is 0.338 e. The number of nitrogens with one attached hydrogen (secondary N) is 1. The van der Waals surface area contributed by atoms with Crippen molar-refractivity contribution in [2.75, 3.05) is 11.9 Å². The summed E-state index contributed by atoms with van der Waals surface area (Å²) in [5.41, 5.74) is 1.31. The van der Waals surface area contributed by atoms with E-state index in [9.17, 15) is 18.4 Å². The van der Waals surface area contributed by atoms with Gasteiger partial charge in [0.2, 0.25) is 0 Å². The molecular weight excluding hydrogens is 362 g/mol. The molecule has 0 saturated carbocycles. The molecule has 2 aromatic carbocycles. The summed E-state index contributed by atoms with van der Waals surface area (Å²) >= 11 is 1.18. The highest BCUT2D eigenvalue weighted by Gasteiger charge is 2.13. The molecule has 0 atom stereocenters. The summed E-state index contributed by atoms with van der Waals surface area (Å²) in [5, 5.41) is 4.53. The molecule has 0 bridgehead atoms. The van der Waals surface area contributed by atoms with Gasteiger partial charge in [-0.05, 0) is 42.5 Å². The normalized spacial score (nSPS) is 10.4. The molecule has 1 aromatic heterocycles. The summed E-state index contributed by atoms with van der Waals surface area (Å²) < 4.78 is 30.8. The number of benzene rings is 2. The van der Waals surface area contributed by atoms with Gasteiger partial charge in [0.25, 0.3) is 5.91 Å². The van der Waals surface area contributed by atoms with Crippen LogP contribution >= 0.6 is 11.3 Å². The van der Waals surface area contributed by atoms with Crippen molar-refractivity contribution in [3.63, 3.8) is 0 Å². The number of anilines is 1. The summed E-state index contributed by atoms with van der Waals surface area (Å²) in [6.45, 7) is -0.527. The van der Waals surface area contributed by atoms with E-state index in [1.165, 1.54) is 41.7 Å². The first-order chi connectivity index (χ1) is 12.5. The average Bonchev–Trinajstić information content (AvgIpc) is 3.08. The van der Waals surface area contributed by atoms with Crippen LogP contribution in [0.3, 0.4) is 0 Å². The number of aromatic nitrogens is 1. The van der Waals surface area contributed by atoms with Crippen LogP contribution in [0.25, 0.3) is 11.3 Å². The molecule has 132 valence electrons. The molecule has 0 aliphatic carbocycles. The molecule has 8 heteroatoms. The Morgan fingerprint density at radius 1 is 1.08 bits per heavy atom. The predicted molar refractivity (Wildman–Crippen MR) is 92.8 cm³/mol. The van der Waals surface area contributed by atoms with Gasteiger partial charge in [0.1, 0.15) is 11.6 Å². The maximum absolute atomic E-state index is 13.1. The number of halogens is 2. The summed E-state index contributed by atoms with van der Waals surface area (Å²) in [6.07, 6.45) is 0. The third kappa shape index (κ3) is 4.48. The minimum absolute atomic E-state index is 0.0191. The number of rotatable bonds is 5. The Labute approximate surface area is 151 Å². The molecule has 3 rings (SSSR count). The fraction of sp³-hybridized carbons (Fsp3) is 0.0556. The second-order valence-corrected chi connectivity index (χ2v) is 6.04. The lowest BCUT2D eigenvalue weighted by molar-refractivity contribution is -0.119. The Kier molecular flexibility index (Phi) is 5.33. The maximum Gasteiger partial charge on any atom is 0.338 e. The number of thiazole rings is 1. The zero-order valence-electron chi connectivity index (χ0n) is 13.2. The van der Waals surface area contributed by atoms with Gasteiger partial charge >= 0.3 is 5.97 Å². The second kappa shape index (κ2) is 7.83. The second-order valence-electron chi connectivity index (χ2n) is 5.18. The van der Waals surface area contributed by atoms with E-state index >= 15 is 0 Å². The molecule has 0 radical (unpaired) electrons. The fourth-order valence-electron chi connectivity index (χ4n) is 2.07. The molecule has 1 heterocycles. The number of carbonyl (C=O) groups excluding carboxylic acids is 2. The number of esters is 1. The molecule has 0 aliphatic rings. The zero-order valence-corrected chi connectivity index (χ0v) is 14.1. The fourth-order valence-corrected chi connectivity index (χ4v) is 2.81. The molecule has 0 fully saturated rings.